The highest BCUT2D eigenvalue weighted by Gasteiger charge is 2.04. The molecule has 0 heterocycles. The van der Waals surface area contributed by atoms with Crippen molar-refractivity contribution in [2.75, 3.05) is 37.5 Å². The van der Waals surface area contributed by atoms with Gasteiger partial charge in [-0.3, -0.25) is 4.79 Å². The molecule has 1 amide bonds. The molecule has 0 radical (unpaired) electrons. The molecule has 0 aromatic heterocycles. The van der Waals surface area contributed by atoms with Crippen molar-refractivity contribution < 1.29 is 14.3 Å². The van der Waals surface area contributed by atoms with Crippen molar-refractivity contribution in [1.29, 1.82) is 0 Å². The van der Waals surface area contributed by atoms with E-state index < -0.39 is 0 Å². The lowest BCUT2D eigenvalue weighted by Gasteiger charge is -2.10. The first-order chi connectivity index (χ1) is 11.2. The van der Waals surface area contributed by atoms with E-state index in [1.165, 1.54) is 0 Å². The molecule has 0 aliphatic carbocycles. The van der Waals surface area contributed by atoms with Crippen molar-refractivity contribution in [3.63, 3.8) is 0 Å². The van der Waals surface area contributed by atoms with Crippen LogP contribution < -0.4 is 15.4 Å². The minimum atomic E-state index is -0.117. The minimum absolute atomic E-state index is 0.117. The van der Waals surface area contributed by atoms with Crippen LogP contribution in [0.1, 0.15) is 0 Å². The van der Waals surface area contributed by atoms with Gasteiger partial charge in [-0.25, -0.2) is 0 Å². The number of ether oxygens (including phenoxy) is 2. The number of halogens is 1. The van der Waals surface area contributed by atoms with Gasteiger partial charge in [0.1, 0.15) is 12.4 Å². The maximum absolute atomic E-state index is 12.0. The zero-order valence-corrected chi connectivity index (χ0v) is 14.4. The SMILES string of the molecule is COCCOc1ccc(NC(=O)CNc2ccccc2Br)cc1. The number of benzene rings is 2. The molecular formula is C17H19BrN2O3. The lowest BCUT2D eigenvalue weighted by atomic mass is 10.3. The Labute approximate surface area is 144 Å². The van der Waals surface area contributed by atoms with Crippen molar-refractivity contribution in [3.8, 4) is 5.75 Å². The maximum atomic E-state index is 12.0. The number of amides is 1. The summed E-state index contributed by atoms with van der Waals surface area (Å²) >= 11 is 3.43. The second-order valence-electron chi connectivity index (χ2n) is 4.75. The number of hydrogen-bond acceptors (Lipinski definition) is 4. The van der Waals surface area contributed by atoms with Gasteiger partial charge in [0, 0.05) is 23.0 Å². The molecule has 0 aliphatic heterocycles. The Hall–Kier alpha value is -2.05. The van der Waals surface area contributed by atoms with Gasteiger partial charge in [-0.05, 0) is 52.3 Å². The zero-order chi connectivity index (χ0) is 16.5. The van der Waals surface area contributed by atoms with Crippen LogP contribution in [0, 0.1) is 0 Å². The van der Waals surface area contributed by atoms with Crippen LogP contribution in [0.2, 0.25) is 0 Å². The Morgan fingerprint density at radius 3 is 2.52 bits per heavy atom. The predicted octanol–water partition coefficient (Wildman–Crippen LogP) is 3.52. The molecule has 122 valence electrons. The van der Waals surface area contributed by atoms with Crippen LogP contribution in [-0.4, -0.2) is 32.8 Å². The van der Waals surface area contributed by atoms with Gasteiger partial charge in [-0.15, -0.1) is 0 Å². The van der Waals surface area contributed by atoms with Crippen molar-refractivity contribution in [3.05, 3.63) is 53.0 Å². The normalized spacial score (nSPS) is 10.2. The van der Waals surface area contributed by atoms with Gasteiger partial charge in [-0.1, -0.05) is 12.1 Å². The van der Waals surface area contributed by atoms with Crippen LogP contribution in [0.3, 0.4) is 0 Å². The highest BCUT2D eigenvalue weighted by Crippen LogP contribution is 2.21. The zero-order valence-electron chi connectivity index (χ0n) is 12.8. The van der Waals surface area contributed by atoms with Crippen LogP contribution in [0.5, 0.6) is 5.75 Å². The fraction of sp³-hybridized carbons (Fsp3) is 0.235. The fourth-order valence-electron chi connectivity index (χ4n) is 1.86. The number of nitrogens with one attached hydrogen (secondary N) is 2. The molecule has 5 nitrogen and oxygen atoms in total. The van der Waals surface area contributed by atoms with Gasteiger partial charge in [-0.2, -0.15) is 0 Å². The molecule has 0 unspecified atom stereocenters. The lowest BCUT2D eigenvalue weighted by Crippen LogP contribution is -2.21. The van der Waals surface area contributed by atoms with E-state index >= 15 is 0 Å². The minimum Gasteiger partial charge on any atom is -0.491 e. The van der Waals surface area contributed by atoms with E-state index in [2.05, 4.69) is 26.6 Å². The molecular weight excluding hydrogens is 360 g/mol. The average molecular weight is 379 g/mol. The molecule has 0 atom stereocenters. The van der Waals surface area contributed by atoms with Gasteiger partial charge < -0.3 is 20.1 Å². The molecule has 0 saturated carbocycles. The van der Waals surface area contributed by atoms with Crippen molar-refractivity contribution in [2.45, 2.75) is 0 Å². The molecule has 2 rings (SSSR count). The Morgan fingerprint density at radius 1 is 1.09 bits per heavy atom. The van der Waals surface area contributed by atoms with Crippen LogP contribution in [0.4, 0.5) is 11.4 Å². The molecule has 2 aromatic rings. The summed E-state index contributed by atoms with van der Waals surface area (Å²) in [4.78, 5) is 12.0. The first-order valence-electron chi connectivity index (χ1n) is 7.19. The van der Waals surface area contributed by atoms with E-state index in [0.717, 1.165) is 21.6 Å². The summed E-state index contributed by atoms with van der Waals surface area (Å²) in [7, 11) is 1.63. The largest absolute Gasteiger partial charge is 0.491 e. The molecule has 0 fully saturated rings. The third kappa shape index (κ3) is 5.92. The summed E-state index contributed by atoms with van der Waals surface area (Å²) in [6.45, 7) is 1.23. The van der Waals surface area contributed by atoms with E-state index in [9.17, 15) is 4.79 Å². The molecule has 0 aliphatic rings. The Bertz CT molecular complexity index is 632. The monoisotopic (exact) mass is 378 g/mol. The van der Waals surface area contributed by atoms with Crippen LogP contribution in [0.15, 0.2) is 53.0 Å². The summed E-state index contributed by atoms with van der Waals surface area (Å²) < 4.78 is 11.3. The summed E-state index contributed by atoms with van der Waals surface area (Å²) in [5.74, 6) is 0.625. The Morgan fingerprint density at radius 2 is 1.83 bits per heavy atom. The quantitative estimate of drug-likeness (QED) is 0.689. The van der Waals surface area contributed by atoms with Gasteiger partial charge in [0.05, 0.1) is 13.2 Å². The van der Waals surface area contributed by atoms with E-state index in [1.807, 2.05) is 36.4 Å². The third-order valence-corrected chi connectivity index (χ3v) is 3.70. The summed E-state index contributed by atoms with van der Waals surface area (Å²) in [6, 6.07) is 14.9. The molecule has 0 saturated heterocycles. The predicted molar refractivity (Wildman–Crippen MR) is 95.1 cm³/mol. The van der Waals surface area contributed by atoms with Crippen LogP contribution in [0.25, 0.3) is 0 Å². The second-order valence-corrected chi connectivity index (χ2v) is 5.60. The standard InChI is InChI=1S/C17H19BrN2O3/c1-22-10-11-23-14-8-6-13(7-9-14)20-17(21)12-19-16-5-3-2-4-15(16)18/h2-9,19H,10-12H2,1H3,(H,20,21). The van der Waals surface area contributed by atoms with E-state index in [0.29, 0.717) is 13.2 Å². The molecule has 2 N–H and O–H groups in total. The number of methoxy groups -OCH3 is 1. The highest BCUT2D eigenvalue weighted by molar-refractivity contribution is 9.10. The summed E-state index contributed by atoms with van der Waals surface area (Å²) in [5, 5.41) is 5.91. The first kappa shape index (κ1) is 17.3. The van der Waals surface area contributed by atoms with E-state index in [-0.39, 0.29) is 12.5 Å². The van der Waals surface area contributed by atoms with Gasteiger partial charge in [0.25, 0.3) is 0 Å². The second kappa shape index (κ2) is 9.17. The van der Waals surface area contributed by atoms with Gasteiger partial charge in [0.15, 0.2) is 0 Å². The number of hydrogen-bond donors (Lipinski definition) is 2. The number of carbonyl (C=O) groups excluding carboxylic acids is 1. The molecule has 2 aromatic carbocycles. The average Bonchev–Trinajstić information content (AvgIpc) is 2.56. The first-order valence-corrected chi connectivity index (χ1v) is 7.98. The lowest BCUT2D eigenvalue weighted by molar-refractivity contribution is -0.114. The number of carbonyl (C=O) groups is 1. The molecule has 0 spiro atoms. The van der Waals surface area contributed by atoms with E-state index in [4.69, 9.17) is 9.47 Å². The van der Waals surface area contributed by atoms with Gasteiger partial charge >= 0.3 is 0 Å². The van der Waals surface area contributed by atoms with E-state index in [1.54, 1.807) is 19.2 Å². The van der Waals surface area contributed by atoms with Crippen LogP contribution in [-0.2, 0) is 9.53 Å². The smallest absolute Gasteiger partial charge is 0.243 e. The topological polar surface area (TPSA) is 59.6 Å². The van der Waals surface area contributed by atoms with Crippen molar-refractivity contribution >= 4 is 33.2 Å². The summed E-state index contributed by atoms with van der Waals surface area (Å²) in [6.07, 6.45) is 0. The molecule has 0 bridgehead atoms. The van der Waals surface area contributed by atoms with Crippen LogP contribution >= 0.6 is 15.9 Å². The fourth-order valence-corrected chi connectivity index (χ4v) is 2.29. The van der Waals surface area contributed by atoms with Gasteiger partial charge in [0.2, 0.25) is 5.91 Å². The van der Waals surface area contributed by atoms with Crippen molar-refractivity contribution in [2.24, 2.45) is 0 Å². The molecule has 6 heteroatoms. The number of anilines is 2. The summed E-state index contributed by atoms with van der Waals surface area (Å²) in [5.41, 5.74) is 1.60. The Kier molecular flexibility index (Phi) is 6.90. The van der Waals surface area contributed by atoms with Crippen molar-refractivity contribution in [1.82, 2.24) is 0 Å². The number of para-hydroxylation sites is 1. The third-order valence-electron chi connectivity index (χ3n) is 3.01. The highest BCUT2D eigenvalue weighted by atomic mass is 79.9. The number of rotatable bonds is 8. The Balaban J connectivity index is 1.80. The maximum Gasteiger partial charge on any atom is 0.243 e. The molecule has 23 heavy (non-hydrogen) atoms.